The first-order chi connectivity index (χ1) is 11.5. The number of rotatable bonds is 4. The van der Waals surface area contributed by atoms with Gasteiger partial charge in [0.05, 0.1) is 23.4 Å². The third-order valence-corrected chi connectivity index (χ3v) is 4.02. The lowest BCUT2D eigenvalue weighted by atomic mass is 10.2. The highest BCUT2D eigenvalue weighted by molar-refractivity contribution is 6.34. The van der Waals surface area contributed by atoms with Gasteiger partial charge in [0.1, 0.15) is 5.82 Å². The van der Waals surface area contributed by atoms with Crippen molar-refractivity contribution >= 4 is 35.1 Å². The quantitative estimate of drug-likeness (QED) is 0.888. The minimum absolute atomic E-state index is 0.212. The highest BCUT2D eigenvalue weighted by atomic mass is 35.5. The maximum Gasteiger partial charge on any atom is 0.330 e. The number of aromatic nitrogens is 2. The monoisotopic (exact) mass is 347 g/mol. The predicted octanol–water partition coefficient (Wildman–Crippen LogP) is 2.50. The number of nitrogens with zero attached hydrogens (tertiary/aromatic N) is 4. The van der Waals surface area contributed by atoms with Gasteiger partial charge in [-0.1, -0.05) is 23.7 Å². The molecule has 1 aromatic carbocycles. The third kappa shape index (κ3) is 3.13. The number of aliphatic hydroxyl groups is 1. The zero-order chi connectivity index (χ0) is 17.3. The molecule has 2 heterocycles. The molecule has 0 fully saturated rings. The molecule has 0 spiro atoms. The van der Waals surface area contributed by atoms with Gasteiger partial charge in [-0.05, 0) is 19.1 Å². The fourth-order valence-corrected chi connectivity index (χ4v) is 2.73. The Bertz CT molecular complexity index is 768. The molecule has 24 heavy (non-hydrogen) atoms. The second-order valence-corrected chi connectivity index (χ2v) is 6.06. The van der Waals surface area contributed by atoms with Gasteiger partial charge in [-0.15, -0.1) is 0 Å². The molecule has 1 unspecified atom stereocenters. The van der Waals surface area contributed by atoms with Gasteiger partial charge in [0.15, 0.2) is 0 Å². The highest BCUT2D eigenvalue weighted by Gasteiger charge is 2.31. The van der Waals surface area contributed by atoms with E-state index < -0.39 is 6.10 Å². The van der Waals surface area contributed by atoms with Crippen LogP contribution in [0.5, 0.6) is 0 Å². The summed E-state index contributed by atoms with van der Waals surface area (Å²) in [5.74, 6) is 0.923. The second kappa shape index (κ2) is 6.62. The Balaban J connectivity index is 1.91. The van der Waals surface area contributed by atoms with E-state index in [1.54, 1.807) is 37.2 Å². The van der Waals surface area contributed by atoms with Crippen LogP contribution < -0.4 is 15.1 Å². The van der Waals surface area contributed by atoms with E-state index >= 15 is 0 Å². The van der Waals surface area contributed by atoms with Crippen LogP contribution in [-0.4, -0.2) is 40.8 Å². The summed E-state index contributed by atoms with van der Waals surface area (Å²) in [6, 6.07) is 7.00. The highest BCUT2D eigenvalue weighted by Crippen LogP contribution is 2.33. The van der Waals surface area contributed by atoms with Crippen molar-refractivity contribution in [1.29, 1.82) is 0 Å². The van der Waals surface area contributed by atoms with Gasteiger partial charge in [0, 0.05) is 25.4 Å². The average molecular weight is 348 g/mol. The first-order valence-electron chi connectivity index (χ1n) is 7.55. The topological polar surface area (TPSA) is 81.6 Å². The summed E-state index contributed by atoms with van der Waals surface area (Å²) in [5.41, 5.74) is 1.47. The van der Waals surface area contributed by atoms with Crippen LogP contribution in [0.3, 0.4) is 0 Å². The van der Waals surface area contributed by atoms with Gasteiger partial charge in [-0.25, -0.2) is 9.78 Å². The number of fused-ring (bicyclic) bond motifs is 1. The molecule has 0 radical (unpaired) electrons. The fourth-order valence-electron chi connectivity index (χ4n) is 2.49. The summed E-state index contributed by atoms with van der Waals surface area (Å²) in [6.45, 7) is 2.35. The van der Waals surface area contributed by atoms with Crippen molar-refractivity contribution < 1.29 is 9.90 Å². The van der Waals surface area contributed by atoms with E-state index in [0.29, 0.717) is 35.6 Å². The van der Waals surface area contributed by atoms with Crippen LogP contribution in [0.1, 0.15) is 12.5 Å². The Morgan fingerprint density at radius 2 is 2.17 bits per heavy atom. The van der Waals surface area contributed by atoms with Crippen LogP contribution >= 0.6 is 11.6 Å². The standard InChI is InChI=1S/C16H18ClN5O2/c1-10(23)7-18-15-19-8-11-9-22(13-6-4-3-5-12(13)17)16(24)21(2)14(11)20-15/h3-6,8,10,23H,7,9H2,1-2H3,(H,18,19,20). The van der Waals surface area contributed by atoms with Crippen LogP contribution in [0.4, 0.5) is 22.2 Å². The molecule has 2 N–H and O–H groups in total. The summed E-state index contributed by atoms with van der Waals surface area (Å²) in [6.07, 6.45) is 1.17. The summed E-state index contributed by atoms with van der Waals surface area (Å²) < 4.78 is 0. The van der Waals surface area contributed by atoms with Gasteiger partial charge in [-0.3, -0.25) is 9.80 Å². The number of carbonyl (C=O) groups is 1. The van der Waals surface area contributed by atoms with Crippen molar-refractivity contribution in [2.24, 2.45) is 0 Å². The van der Waals surface area contributed by atoms with E-state index in [9.17, 15) is 9.90 Å². The smallest absolute Gasteiger partial charge is 0.330 e. The molecule has 0 saturated carbocycles. The van der Waals surface area contributed by atoms with Crippen LogP contribution in [0, 0.1) is 0 Å². The molecule has 3 rings (SSSR count). The largest absolute Gasteiger partial charge is 0.392 e. The van der Waals surface area contributed by atoms with E-state index in [1.165, 1.54) is 4.90 Å². The van der Waals surface area contributed by atoms with Crippen molar-refractivity contribution in [2.75, 3.05) is 28.7 Å². The molecule has 0 bridgehead atoms. The number of amides is 2. The number of anilines is 3. The number of hydrogen-bond donors (Lipinski definition) is 2. The number of halogens is 1. The molecule has 7 nitrogen and oxygen atoms in total. The van der Waals surface area contributed by atoms with E-state index in [-0.39, 0.29) is 6.03 Å². The van der Waals surface area contributed by atoms with E-state index in [1.807, 2.05) is 12.1 Å². The molecule has 1 aliphatic rings. The van der Waals surface area contributed by atoms with Crippen LogP contribution in [0.15, 0.2) is 30.5 Å². The summed E-state index contributed by atoms with van der Waals surface area (Å²) in [4.78, 5) is 24.4. The van der Waals surface area contributed by atoms with Crippen molar-refractivity contribution in [3.05, 3.63) is 41.0 Å². The van der Waals surface area contributed by atoms with Crippen molar-refractivity contribution in [3.63, 3.8) is 0 Å². The lowest BCUT2D eigenvalue weighted by Gasteiger charge is -2.34. The minimum atomic E-state index is -0.514. The Morgan fingerprint density at radius 3 is 2.88 bits per heavy atom. The molecular weight excluding hydrogens is 330 g/mol. The first kappa shape index (κ1) is 16.5. The normalized spacial score (nSPS) is 15.2. The Morgan fingerprint density at radius 1 is 1.42 bits per heavy atom. The first-order valence-corrected chi connectivity index (χ1v) is 7.92. The SMILES string of the molecule is CC(O)CNc1ncc2c(n1)N(C)C(=O)N(c1ccccc1Cl)C2. The molecule has 2 amide bonds. The van der Waals surface area contributed by atoms with Crippen LogP contribution in [-0.2, 0) is 6.54 Å². The van der Waals surface area contributed by atoms with Crippen molar-refractivity contribution in [2.45, 2.75) is 19.6 Å². The summed E-state index contributed by atoms with van der Waals surface area (Å²) in [5, 5.41) is 12.8. The number of urea groups is 1. The summed E-state index contributed by atoms with van der Waals surface area (Å²) in [7, 11) is 1.66. The Labute approximate surface area is 144 Å². The predicted molar refractivity (Wildman–Crippen MR) is 93.6 cm³/mol. The molecule has 1 aromatic heterocycles. The fraction of sp³-hybridized carbons (Fsp3) is 0.312. The Hall–Kier alpha value is -2.38. The molecule has 0 aliphatic carbocycles. The van der Waals surface area contributed by atoms with Gasteiger partial charge < -0.3 is 10.4 Å². The number of nitrogens with one attached hydrogen (secondary N) is 1. The summed E-state index contributed by atoms with van der Waals surface area (Å²) >= 11 is 6.22. The average Bonchev–Trinajstić information content (AvgIpc) is 2.57. The lowest BCUT2D eigenvalue weighted by molar-refractivity contribution is 0.208. The number of benzene rings is 1. The van der Waals surface area contributed by atoms with Crippen molar-refractivity contribution in [3.8, 4) is 0 Å². The lowest BCUT2D eigenvalue weighted by Crippen LogP contribution is -2.46. The van der Waals surface area contributed by atoms with Gasteiger partial charge in [0.2, 0.25) is 5.95 Å². The zero-order valence-corrected chi connectivity index (χ0v) is 14.2. The number of para-hydroxylation sites is 1. The molecule has 126 valence electrons. The maximum absolute atomic E-state index is 12.7. The molecule has 8 heteroatoms. The van der Waals surface area contributed by atoms with Crippen molar-refractivity contribution in [1.82, 2.24) is 9.97 Å². The Kier molecular flexibility index (Phi) is 4.55. The van der Waals surface area contributed by atoms with E-state index in [4.69, 9.17) is 11.6 Å². The van der Waals surface area contributed by atoms with E-state index in [0.717, 1.165) is 5.56 Å². The van der Waals surface area contributed by atoms with Gasteiger partial charge >= 0.3 is 6.03 Å². The minimum Gasteiger partial charge on any atom is -0.392 e. The van der Waals surface area contributed by atoms with Gasteiger partial charge in [0.25, 0.3) is 0 Å². The van der Waals surface area contributed by atoms with Crippen LogP contribution in [0.2, 0.25) is 5.02 Å². The zero-order valence-electron chi connectivity index (χ0n) is 13.4. The number of carbonyl (C=O) groups excluding carboxylic acids is 1. The van der Waals surface area contributed by atoms with E-state index in [2.05, 4.69) is 15.3 Å². The number of aliphatic hydroxyl groups excluding tert-OH is 1. The molecular formula is C16H18ClN5O2. The van der Waals surface area contributed by atoms with Gasteiger partial charge in [-0.2, -0.15) is 4.98 Å². The maximum atomic E-state index is 12.7. The third-order valence-electron chi connectivity index (χ3n) is 3.70. The molecule has 2 aromatic rings. The second-order valence-electron chi connectivity index (χ2n) is 5.65. The van der Waals surface area contributed by atoms with Crippen LogP contribution in [0.25, 0.3) is 0 Å². The molecule has 1 atom stereocenters. The molecule has 1 aliphatic heterocycles. The molecule has 0 saturated heterocycles. The number of hydrogen-bond acceptors (Lipinski definition) is 5.